The largest absolute Gasteiger partial charge is 0.507 e. The summed E-state index contributed by atoms with van der Waals surface area (Å²) in [5.41, 5.74) is 7.92. The van der Waals surface area contributed by atoms with Gasteiger partial charge in [0, 0.05) is 11.1 Å². The molecule has 4 aromatic rings. The van der Waals surface area contributed by atoms with E-state index >= 15 is 0 Å². The first-order chi connectivity index (χ1) is 16.1. The van der Waals surface area contributed by atoms with Crippen LogP contribution in [0.25, 0.3) is 23.3 Å². The molecule has 33 heavy (non-hydrogen) atoms. The summed E-state index contributed by atoms with van der Waals surface area (Å²) in [5.74, 6) is 0.513. The van der Waals surface area contributed by atoms with Crippen LogP contribution < -0.4 is 0 Å². The second-order valence-corrected chi connectivity index (χ2v) is 8.39. The molecular weight excluding hydrogens is 404 g/mol. The van der Waals surface area contributed by atoms with Gasteiger partial charge in [0.05, 0.1) is 5.41 Å². The maximum absolute atomic E-state index is 10.5. The van der Waals surface area contributed by atoms with Crippen molar-refractivity contribution in [3.05, 3.63) is 130 Å². The van der Waals surface area contributed by atoms with E-state index in [0.29, 0.717) is 0 Å². The summed E-state index contributed by atoms with van der Waals surface area (Å²) < 4.78 is 0. The van der Waals surface area contributed by atoms with Crippen LogP contribution in [-0.2, 0) is 5.41 Å². The van der Waals surface area contributed by atoms with E-state index in [4.69, 9.17) is 0 Å². The number of hydrogen-bond donors (Lipinski definition) is 2. The fraction of sp³-hybridized carbons (Fsp3) is 0.0968. The van der Waals surface area contributed by atoms with Gasteiger partial charge in [-0.2, -0.15) is 0 Å². The second kappa shape index (κ2) is 8.14. The predicted molar refractivity (Wildman–Crippen MR) is 136 cm³/mol. The monoisotopic (exact) mass is 430 g/mol. The zero-order chi connectivity index (χ0) is 23.0. The van der Waals surface area contributed by atoms with Crippen LogP contribution in [0.5, 0.6) is 11.5 Å². The molecule has 5 rings (SSSR count). The SMILES string of the molecule is C/C=C\c1cc(C2(c3ccc(O)c(/C=C\C)c3)c3ccccc3-c3ccccc32)ccc1O. The van der Waals surface area contributed by atoms with Gasteiger partial charge in [-0.25, -0.2) is 0 Å². The normalized spacial score (nSPS) is 14.0. The minimum absolute atomic E-state index is 0.256. The lowest BCUT2D eigenvalue weighted by atomic mass is 9.67. The van der Waals surface area contributed by atoms with Crippen LogP contribution >= 0.6 is 0 Å². The van der Waals surface area contributed by atoms with Crippen molar-refractivity contribution in [1.82, 2.24) is 0 Å². The summed E-state index contributed by atoms with van der Waals surface area (Å²) in [6.07, 6.45) is 7.74. The third-order valence-electron chi connectivity index (χ3n) is 6.57. The van der Waals surface area contributed by atoms with Gasteiger partial charge < -0.3 is 10.2 Å². The lowest BCUT2D eigenvalue weighted by Crippen LogP contribution is -2.28. The van der Waals surface area contributed by atoms with E-state index in [2.05, 4.69) is 60.7 Å². The van der Waals surface area contributed by atoms with Crippen molar-refractivity contribution >= 4 is 12.2 Å². The van der Waals surface area contributed by atoms with Gasteiger partial charge in [0.1, 0.15) is 11.5 Å². The smallest absolute Gasteiger partial charge is 0.122 e. The number of allylic oxidation sites excluding steroid dienone is 2. The average Bonchev–Trinajstić information content (AvgIpc) is 3.14. The molecule has 0 aliphatic heterocycles. The van der Waals surface area contributed by atoms with E-state index in [1.54, 1.807) is 12.1 Å². The minimum atomic E-state index is -0.582. The van der Waals surface area contributed by atoms with Crippen LogP contribution in [0, 0.1) is 0 Å². The number of fused-ring (bicyclic) bond motifs is 3. The van der Waals surface area contributed by atoms with Gasteiger partial charge in [-0.15, -0.1) is 0 Å². The number of phenols is 2. The molecule has 0 unspecified atom stereocenters. The summed E-state index contributed by atoms with van der Waals surface area (Å²) in [6, 6.07) is 28.8. The molecule has 2 heteroatoms. The third kappa shape index (κ3) is 3.10. The minimum Gasteiger partial charge on any atom is -0.507 e. The Morgan fingerprint density at radius 3 is 1.42 bits per heavy atom. The molecule has 0 amide bonds. The molecule has 0 saturated heterocycles. The van der Waals surface area contributed by atoms with Crippen LogP contribution in [0.2, 0.25) is 0 Å². The van der Waals surface area contributed by atoms with Gasteiger partial charge in [0.2, 0.25) is 0 Å². The van der Waals surface area contributed by atoms with Crippen molar-refractivity contribution in [1.29, 1.82) is 0 Å². The molecule has 0 atom stereocenters. The van der Waals surface area contributed by atoms with Crippen molar-refractivity contribution in [3.8, 4) is 22.6 Å². The highest BCUT2D eigenvalue weighted by molar-refractivity contribution is 5.86. The topological polar surface area (TPSA) is 40.5 Å². The molecule has 162 valence electrons. The quantitative estimate of drug-likeness (QED) is 0.309. The first-order valence-corrected chi connectivity index (χ1v) is 11.2. The summed E-state index contributed by atoms with van der Waals surface area (Å²) >= 11 is 0. The van der Waals surface area contributed by atoms with Crippen molar-refractivity contribution < 1.29 is 10.2 Å². The van der Waals surface area contributed by atoms with E-state index in [9.17, 15) is 10.2 Å². The van der Waals surface area contributed by atoms with Crippen LogP contribution in [0.3, 0.4) is 0 Å². The highest BCUT2D eigenvalue weighted by Crippen LogP contribution is 2.56. The lowest BCUT2D eigenvalue weighted by Gasteiger charge is -2.34. The molecule has 0 heterocycles. The Morgan fingerprint density at radius 1 is 0.576 bits per heavy atom. The summed E-state index contributed by atoms with van der Waals surface area (Å²) in [4.78, 5) is 0. The van der Waals surface area contributed by atoms with Crippen LogP contribution in [-0.4, -0.2) is 10.2 Å². The Morgan fingerprint density at radius 2 is 1.00 bits per heavy atom. The van der Waals surface area contributed by atoms with Gasteiger partial charge in [-0.1, -0.05) is 85.0 Å². The lowest BCUT2D eigenvalue weighted by molar-refractivity contribution is 0.473. The molecule has 4 aromatic carbocycles. The van der Waals surface area contributed by atoms with E-state index in [0.717, 1.165) is 22.3 Å². The Hall–Kier alpha value is -4.04. The molecule has 0 aromatic heterocycles. The van der Waals surface area contributed by atoms with Gasteiger partial charge in [-0.05, 0) is 71.5 Å². The van der Waals surface area contributed by atoms with Gasteiger partial charge >= 0.3 is 0 Å². The molecule has 0 bridgehead atoms. The van der Waals surface area contributed by atoms with E-state index < -0.39 is 5.41 Å². The first kappa shape index (κ1) is 20.8. The zero-order valence-corrected chi connectivity index (χ0v) is 18.8. The number of hydrogen-bond acceptors (Lipinski definition) is 2. The predicted octanol–water partition coefficient (Wildman–Crippen LogP) is 7.53. The standard InChI is InChI=1S/C31H26O2/c1-3-9-21-19-23(15-17-29(21)32)31(24-16-18-30(33)22(20-24)10-4-2)27-13-7-5-11-25(27)26-12-6-8-14-28(26)31/h3-20,32-33H,1-2H3/b9-3-,10-4-. The Bertz CT molecular complexity index is 1300. The van der Waals surface area contributed by atoms with Gasteiger partial charge in [-0.3, -0.25) is 0 Å². The van der Waals surface area contributed by atoms with E-state index in [1.807, 2.05) is 50.3 Å². The highest BCUT2D eigenvalue weighted by atomic mass is 16.3. The average molecular weight is 431 g/mol. The van der Waals surface area contributed by atoms with Crippen molar-refractivity contribution in [2.75, 3.05) is 0 Å². The Balaban J connectivity index is 1.94. The number of phenolic OH excluding ortho intramolecular Hbond substituents is 2. The van der Waals surface area contributed by atoms with Gasteiger partial charge in [0.25, 0.3) is 0 Å². The number of benzene rings is 4. The van der Waals surface area contributed by atoms with Gasteiger partial charge in [0.15, 0.2) is 0 Å². The third-order valence-corrected chi connectivity index (χ3v) is 6.57. The molecule has 1 aliphatic carbocycles. The molecule has 0 fully saturated rings. The van der Waals surface area contributed by atoms with Crippen LogP contribution in [0.4, 0.5) is 0 Å². The fourth-order valence-electron chi connectivity index (χ4n) is 5.23. The summed E-state index contributed by atoms with van der Waals surface area (Å²) in [6.45, 7) is 3.90. The molecule has 0 radical (unpaired) electrons. The van der Waals surface area contributed by atoms with Crippen LogP contribution in [0.1, 0.15) is 47.2 Å². The molecule has 2 nitrogen and oxygen atoms in total. The van der Waals surface area contributed by atoms with Crippen molar-refractivity contribution in [3.63, 3.8) is 0 Å². The summed E-state index contributed by atoms with van der Waals surface area (Å²) in [7, 11) is 0. The number of rotatable bonds is 4. The molecule has 1 aliphatic rings. The Labute approximate surface area is 194 Å². The Kier molecular flexibility index (Phi) is 5.14. The van der Waals surface area contributed by atoms with E-state index in [1.165, 1.54) is 22.3 Å². The van der Waals surface area contributed by atoms with E-state index in [-0.39, 0.29) is 11.5 Å². The van der Waals surface area contributed by atoms with Crippen molar-refractivity contribution in [2.45, 2.75) is 19.3 Å². The maximum atomic E-state index is 10.5. The highest BCUT2D eigenvalue weighted by Gasteiger charge is 2.46. The summed E-state index contributed by atoms with van der Waals surface area (Å²) in [5, 5.41) is 21.0. The molecule has 2 N–H and O–H groups in total. The first-order valence-electron chi connectivity index (χ1n) is 11.2. The molecule has 0 saturated carbocycles. The molecule has 0 spiro atoms. The second-order valence-electron chi connectivity index (χ2n) is 8.39. The number of aromatic hydroxyl groups is 2. The maximum Gasteiger partial charge on any atom is 0.122 e. The van der Waals surface area contributed by atoms with Crippen LogP contribution in [0.15, 0.2) is 97.1 Å². The molecular formula is C31H26O2. The zero-order valence-electron chi connectivity index (χ0n) is 18.8. The van der Waals surface area contributed by atoms with Crippen molar-refractivity contribution in [2.24, 2.45) is 0 Å². The fourth-order valence-corrected chi connectivity index (χ4v) is 5.23.